The van der Waals surface area contributed by atoms with E-state index in [1.807, 2.05) is 0 Å². The number of halogens is 2. The van der Waals surface area contributed by atoms with Crippen molar-refractivity contribution in [3.05, 3.63) is 28.5 Å². The van der Waals surface area contributed by atoms with Gasteiger partial charge in [0.1, 0.15) is 11.6 Å². The van der Waals surface area contributed by atoms with Crippen molar-refractivity contribution in [3.8, 4) is 5.75 Å². The molecule has 4 heteroatoms. The van der Waals surface area contributed by atoms with Crippen molar-refractivity contribution in [2.24, 2.45) is 0 Å². The SMILES string of the molecule is Fc1ccc(Br)c(OCCCNC2CCCC2)c1. The van der Waals surface area contributed by atoms with Crippen LogP contribution in [0.15, 0.2) is 22.7 Å². The highest BCUT2D eigenvalue weighted by molar-refractivity contribution is 9.10. The summed E-state index contributed by atoms with van der Waals surface area (Å²) < 4.78 is 19.4. The molecule has 1 aliphatic rings. The van der Waals surface area contributed by atoms with Gasteiger partial charge in [0.05, 0.1) is 11.1 Å². The van der Waals surface area contributed by atoms with Crippen molar-refractivity contribution >= 4 is 15.9 Å². The van der Waals surface area contributed by atoms with Gasteiger partial charge >= 0.3 is 0 Å². The van der Waals surface area contributed by atoms with Crippen LogP contribution in [0.25, 0.3) is 0 Å². The fraction of sp³-hybridized carbons (Fsp3) is 0.571. The third kappa shape index (κ3) is 4.25. The zero-order valence-electron chi connectivity index (χ0n) is 10.4. The lowest BCUT2D eigenvalue weighted by atomic mass is 10.2. The molecule has 2 rings (SSSR count). The largest absolute Gasteiger partial charge is 0.492 e. The Bertz CT molecular complexity index is 380. The molecule has 0 unspecified atom stereocenters. The predicted molar refractivity (Wildman–Crippen MR) is 74.5 cm³/mol. The van der Waals surface area contributed by atoms with E-state index in [4.69, 9.17) is 4.74 Å². The highest BCUT2D eigenvalue weighted by atomic mass is 79.9. The molecular weight excluding hydrogens is 297 g/mol. The van der Waals surface area contributed by atoms with Crippen molar-refractivity contribution < 1.29 is 9.13 Å². The minimum atomic E-state index is -0.266. The number of rotatable bonds is 6. The van der Waals surface area contributed by atoms with E-state index in [-0.39, 0.29) is 5.82 Å². The second kappa shape index (κ2) is 7.10. The Kier molecular flexibility index (Phi) is 5.45. The van der Waals surface area contributed by atoms with Crippen molar-refractivity contribution in [1.82, 2.24) is 5.32 Å². The Balaban J connectivity index is 1.64. The fourth-order valence-corrected chi connectivity index (χ4v) is 2.64. The third-order valence-corrected chi connectivity index (χ3v) is 3.92. The third-order valence-electron chi connectivity index (χ3n) is 3.26. The summed E-state index contributed by atoms with van der Waals surface area (Å²) in [7, 11) is 0. The molecular formula is C14H19BrFNO. The topological polar surface area (TPSA) is 21.3 Å². The van der Waals surface area contributed by atoms with Gasteiger partial charge < -0.3 is 10.1 Å². The highest BCUT2D eigenvalue weighted by Crippen LogP contribution is 2.25. The smallest absolute Gasteiger partial charge is 0.136 e. The Morgan fingerprint density at radius 2 is 2.11 bits per heavy atom. The zero-order valence-corrected chi connectivity index (χ0v) is 12.0. The molecule has 0 aliphatic heterocycles. The van der Waals surface area contributed by atoms with E-state index in [1.54, 1.807) is 6.07 Å². The zero-order chi connectivity index (χ0) is 12.8. The standard InChI is InChI=1S/C14H19BrFNO/c15-13-7-6-11(16)10-14(13)18-9-3-8-17-12-4-1-2-5-12/h6-7,10,12,17H,1-5,8-9H2. The molecule has 1 aromatic rings. The van der Waals surface area contributed by atoms with Crippen LogP contribution in [0, 0.1) is 5.82 Å². The van der Waals surface area contributed by atoms with Crippen LogP contribution in [0.1, 0.15) is 32.1 Å². The summed E-state index contributed by atoms with van der Waals surface area (Å²) in [5.41, 5.74) is 0. The summed E-state index contributed by atoms with van der Waals surface area (Å²) in [6.07, 6.45) is 6.25. The van der Waals surface area contributed by atoms with Crippen LogP contribution in [-0.2, 0) is 0 Å². The van der Waals surface area contributed by atoms with E-state index in [2.05, 4.69) is 21.2 Å². The van der Waals surface area contributed by atoms with Gasteiger partial charge in [-0.2, -0.15) is 0 Å². The van der Waals surface area contributed by atoms with Gasteiger partial charge in [0.25, 0.3) is 0 Å². The molecule has 1 N–H and O–H groups in total. The lowest BCUT2D eigenvalue weighted by molar-refractivity contribution is 0.301. The minimum Gasteiger partial charge on any atom is -0.492 e. The molecule has 0 amide bonds. The monoisotopic (exact) mass is 315 g/mol. The van der Waals surface area contributed by atoms with Crippen molar-refractivity contribution in [2.45, 2.75) is 38.1 Å². The van der Waals surface area contributed by atoms with E-state index in [0.717, 1.165) is 17.4 Å². The van der Waals surface area contributed by atoms with Gasteiger partial charge in [-0.25, -0.2) is 4.39 Å². The van der Waals surface area contributed by atoms with Gasteiger partial charge in [0.2, 0.25) is 0 Å². The molecule has 0 atom stereocenters. The molecule has 0 heterocycles. The van der Waals surface area contributed by atoms with Crippen LogP contribution in [-0.4, -0.2) is 19.2 Å². The maximum Gasteiger partial charge on any atom is 0.136 e. The Labute approximate surface area is 116 Å². The number of benzene rings is 1. The fourth-order valence-electron chi connectivity index (χ4n) is 2.28. The Morgan fingerprint density at radius 3 is 2.89 bits per heavy atom. The van der Waals surface area contributed by atoms with Gasteiger partial charge in [0, 0.05) is 12.1 Å². The molecule has 100 valence electrons. The average molecular weight is 316 g/mol. The molecule has 0 aromatic heterocycles. The first-order valence-corrected chi connectivity index (χ1v) is 7.36. The van der Waals surface area contributed by atoms with Crippen LogP contribution >= 0.6 is 15.9 Å². The molecule has 1 fully saturated rings. The van der Waals surface area contributed by atoms with Gasteiger partial charge in [-0.15, -0.1) is 0 Å². The first-order valence-electron chi connectivity index (χ1n) is 6.57. The second-order valence-corrected chi connectivity index (χ2v) is 5.57. The van der Waals surface area contributed by atoms with E-state index < -0.39 is 0 Å². The van der Waals surface area contributed by atoms with Crippen LogP contribution in [0.4, 0.5) is 4.39 Å². The van der Waals surface area contributed by atoms with Gasteiger partial charge in [0.15, 0.2) is 0 Å². The van der Waals surface area contributed by atoms with E-state index in [1.165, 1.54) is 37.8 Å². The van der Waals surface area contributed by atoms with Crippen LogP contribution in [0.5, 0.6) is 5.75 Å². The van der Waals surface area contributed by atoms with E-state index in [9.17, 15) is 4.39 Å². The summed E-state index contributed by atoms with van der Waals surface area (Å²) in [6, 6.07) is 5.19. The molecule has 0 saturated heterocycles. The summed E-state index contributed by atoms with van der Waals surface area (Å²) in [4.78, 5) is 0. The summed E-state index contributed by atoms with van der Waals surface area (Å²) in [5.74, 6) is 0.313. The quantitative estimate of drug-likeness (QED) is 0.804. The van der Waals surface area contributed by atoms with Crippen molar-refractivity contribution in [3.63, 3.8) is 0 Å². The molecule has 0 bridgehead atoms. The Hall–Kier alpha value is -0.610. The first kappa shape index (κ1) is 13.8. The second-order valence-electron chi connectivity index (χ2n) is 4.71. The molecule has 18 heavy (non-hydrogen) atoms. The van der Waals surface area contributed by atoms with Crippen LogP contribution < -0.4 is 10.1 Å². The van der Waals surface area contributed by atoms with Gasteiger partial charge in [-0.3, -0.25) is 0 Å². The Morgan fingerprint density at radius 1 is 1.33 bits per heavy atom. The number of ether oxygens (including phenoxy) is 1. The van der Waals surface area contributed by atoms with Crippen molar-refractivity contribution in [1.29, 1.82) is 0 Å². The van der Waals surface area contributed by atoms with Crippen LogP contribution in [0.3, 0.4) is 0 Å². The van der Waals surface area contributed by atoms with Crippen LogP contribution in [0.2, 0.25) is 0 Å². The summed E-state index contributed by atoms with van der Waals surface area (Å²) in [6.45, 7) is 1.58. The lowest BCUT2D eigenvalue weighted by Gasteiger charge is -2.12. The summed E-state index contributed by atoms with van der Waals surface area (Å²) >= 11 is 3.35. The molecule has 0 radical (unpaired) electrons. The van der Waals surface area contributed by atoms with Gasteiger partial charge in [-0.1, -0.05) is 12.8 Å². The normalized spacial score (nSPS) is 16.1. The highest BCUT2D eigenvalue weighted by Gasteiger charge is 2.13. The lowest BCUT2D eigenvalue weighted by Crippen LogP contribution is -2.27. The number of nitrogens with one attached hydrogen (secondary N) is 1. The molecule has 1 aromatic carbocycles. The van der Waals surface area contributed by atoms with Gasteiger partial charge in [-0.05, 0) is 53.9 Å². The maximum absolute atomic E-state index is 13.0. The molecule has 0 spiro atoms. The van der Waals surface area contributed by atoms with E-state index >= 15 is 0 Å². The number of hydrogen-bond donors (Lipinski definition) is 1. The van der Waals surface area contributed by atoms with E-state index in [0.29, 0.717) is 18.4 Å². The average Bonchev–Trinajstić information content (AvgIpc) is 2.86. The summed E-state index contributed by atoms with van der Waals surface area (Å²) in [5, 5.41) is 3.53. The number of hydrogen-bond acceptors (Lipinski definition) is 2. The molecule has 1 saturated carbocycles. The maximum atomic E-state index is 13.0. The molecule has 2 nitrogen and oxygen atoms in total. The predicted octanol–water partition coefficient (Wildman–Crippen LogP) is 3.89. The molecule has 1 aliphatic carbocycles. The van der Waals surface area contributed by atoms with Crippen molar-refractivity contribution in [2.75, 3.05) is 13.2 Å². The minimum absolute atomic E-state index is 0.266. The first-order chi connectivity index (χ1) is 8.75.